The van der Waals surface area contributed by atoms with Crippen molar-refractivity contribution in [3.63, 3.8) is 0 Å². The largest absolute Gasteiger partial charge is 0.454 e. The van der Waals surface area contributed by atoms with Gasteiger partial charge in [-0.3, -0.25) is 14.5 Å². The Morgan fingerprint density at radius 2 is 1.81 bits per heavy atom. The Balaban J connectivity index is 1.22. The van der Waals surface area contributed by atoms with Gasteiger partial charge in [-0.1, -0.05) is 24.3 Å². The van der Waals surface area contributed by atoms with Gasteiger partial charge in [0.1, 0.15) is 6.04 Å². The smallest absolute Gasteiger partial charge is 0.246 e. The van der Waals surface area contributed by atoms with Gasteiger partial charge >= 0.3 is 0 Å². The van der Waals surface area contributed by atoms with Crippen LogP contribution >= 0.6 is 0 Å². The molecule has 37 heavy (non-hydrogen) atoms. The zero-order valence-electron chi connectivity index (χ0n) is 20.7. The molecule has 1 N–H and O–H groups in total. The SMILES string of the molecule is O=C1[C@H]2Cc3c([nH]c4ccccc34)[C@@H](c3ccc4c(c3)OCO4)N2C(=O)CN1CCCN1CCOCC1. The van der Waals surface area contributed by atoms with Crippen molar-refractivity contribution in [1.29, 1.82) is 0 Å². The van der Waals surface area contributed by atoms with Crippen molar-refractivity contribution >= 4 is 22.7 Å². The predicted molar refractivity (Wildman–Crippen MR) is 136 cm³/mol. The van der Waals surface area contributed by atoms with E-state index in [9.17, 15) is 9.59 Å². The van der Waals surface area contributed by atoms with Gasteiger partial charge in [-0.05, 0) is 35.7 Å². The van der Waals surface area contributed by atoms with E-state index in [4.69, 9.17) is 14.2 Å². The fraction of sp³-hybridized carbons (Fsp3) is 0.429. The monoisotopic (exact) mass is 502 g/mol. The number of nitrogens with zero attached hydrogens (tertiary/aromatic N) is 3. The average molecular weight is 503 g/mol. The second kappa shape index (κ2) is 9.08. The topological polar surface area (TPSA) is 87.3 Å². The third-order valence-corrected chi connectivity index (χ3v) is 8.06. The predicted octanol–water partition coefficient (Wildman–Crippen LogP) is 2.30. The molecule has 0 unspecified atom stereocenters. The summed E-state index contributed by atoms with van der Waals surface area (Å²) in [7, 11) is 0. The molecule has 0 aliphatic carbocycles. The van der Waals surface area contributed by atoms with Crippen LogP contribution in [0.5, 0.6) is 11.5 Å². The van der Waals surface area contributed by atoms with Gasteiger partial charge < -0.3 is 29.0 Å². The Hall–Kier alpha value is -3.56. The van der Waals surface area contributed by atoms with E-state index < -0.39 is 12.1 Å². The maximum absolute atomic E-state index is 13.9. The first-order valence-electron chi connectivity index (χ1n) is 13.1. The summed E-state index contributed by atoms with van der Waals surface area (Å²) in [5.74, 6) is 1.37. The molecule has 3 aromatic rings. The van der Waals surface area contributed by atoms with Crippen LogP contribution in [0.15, 0.2) is 42.5 Å². The van der Waals surface area contributed by atoms with E-state index in [0.717, 1.165) is 67.0 Å². The van der Waals surface area contributed by atoms with Gasteiger partial charge in [-0.15, -0.1) is 0 Å². The number of aromatic amines is 1. The molecular formula is C28H30N4O5. The lowest BCUT2D eigenvalue weighted by atomic mass is 9.86. The third kappa shape index (κ3) is 3.84. The second-order valence-electron chi connectivity index (χ2n) is 10.2. The first-order valence-corrected chi connectivity index (χ1v) is 13.1. The summed E-state index contributed by atoms with van der Waals surface area (Å²) in [4.78, 5) is 37.1. The lowest BCUT2D eigenvalue weighted by molar-refractivity contribution is -0.158. The number of piperazine rings is 1. The molecule has 2 atom stereocenters. The Morgan fingerprint density at radius 1 is 0.973 bits per heavy atom. The molecule has 0 saturated carbocycles. The maximum atomic E-state index is 13.9. The molecule has 2 fully saturated rings. The third-order valence-electron chi connectivity index (χ3n) is 8.06. The summed E-state index contributed by atoms with van der Waals surface area (Å²) in [5, 5.41) is 1.10. The average Bonchev–Trinajstić information content (AvgIpc) is 3.55. The Morgan fingerprint density at radius 3 is 2.70 bits per heavy atom. The number of H-pyrrole nitrogens is 1. The molecule has 0 bridgehead atoms. The lowest BCUT2D eigenvalue weighted by Gasteiger charge is -2.47. The van der Waals surface area contributed by atoms with Crippen LogP contribution in [-0.4, -0.2) is 90.3 Å². The van der Waals surface area contributed by atoms with E-state index in [1.54, 1.807) is 9.80 Å². The molecule has 0 spiro atoms. The molecule has 5 heterocycles. The fourth-order valence-electron chi connectivity index (χ4n) is 6.25. The van der Waals surface area contributed by atoms with E-state index >= 15 is 0 Å². The first-order chi connectivity index (χ1) is 18.2. The molecule has 0 radical (unpaired) electrons. The molecular weight excluding hydrogens is 472 g/mol. The number of carbonyl (C=O) groups is 2. The summed E-state index contributed by atoms with van der Waals surface area (Å²) in [6.07, 6.45) is 1.35. The normalized spacial score (nSPS) is 23.5. The number of ether oxygens (including phenoxy) is 3. The van der Waals surface area contributed by atoms with Crippen LogP contribution in [0.1, 0.15) is 29.3 Å². The number of aromatic nitrogens is 1. The highest BCUT2D eigenvalue weighted by Gasteiger charge is 2.48. The summed E-state index contributed by atoms with van der Waals surface area (Å²) < 4.78 is 16.6. The summed E-state index contributed by atoms with van der Waals surface area (Å²) in [6, 6.07) is 13.0. The minimum Gasteiger partial charge on any atom is -0.454 e. The number of amides is 2. The van der Waals surface area contributed by atoms with Gasteiger partial charge in [0.05, 0.1) is 25.8 Å². The van der Waals surface area contributed by atoms with E-state index in [-0.39, 0.29) is 25.2 Å². The van der Waals surface area contributed by atoms with Crippen molar-refractivity contribution in [3.8, 4) is 11.5 Å². The molecule has 2 saturated heterocycles. The quantitative estimate of drug-likeness (QED) is 0.576. The van der Waals surface area contributed by atoms with Crippen LogP contribution in [0.2, 0.25) is 0 Å². The van der Waals surface area contributed by atoms with E-state index in [1.807, 2.05) is 36.4 Å². The number of nitrogens with one attached hydrogen (secondary N) is 1. The van der Waals surface area contributed by atoms with Crippen LogP contribution in [0.25, 0.3) is 10.9 Å². The summed E-state index contributed by atoms with van der Waals surface area (Å²) in [5.41, 5.74) is 4.00. The zero-order valence-corrected chi connectivity index (χ0v) is 20.7. The Bertz CT molecular complexity index is 1360. The molecule has 4 aliphatic heterocycles. The van der Waals surface area contributed by atoms with Crippen molar-refractivity contribution in [2.45, 2.75) is 24.9 Å². The van der Waals surface area contributed by atoms with Gasteiger partial charge in [0.2, 0.25) is 18.6 Å². The maximum Gasteiger partial charge on any atom is 0.246 e. The molecule has 9 heteroatoms. The highest BCUT2D eigenvalue weighted by molar-refractivity contribution is 5.97. The number of rotatable bonds is 5. The van der Waals surface area contributed by atoms with Gasteiger partial charge in [0.15, 0.2) is 11.5 Å². The van der Waals surface area contributed by atoms with Crippen molar-refractivity contribution in [3.05, 3.63) is 59.3 Å². The van der Waals surface area contributed by atoms with E-state index in [1.165, 1.54) is 0 Å². The molecule has 2 aromatic carbocycles. The van der Waals surface area contributed by atoms with Crippen LogP contribution in [-0.2, 0) is 20.7 Å². The number of morpholine rings is 1. The number of para-hydroxylation sites is 1. The molecule has 192 valence electrons. The summed E-state index contributed by atoms with van der Waals surface area (Å²) >= 11 is 0. The molecule has 9 nitrogen and oxygen atoms in total. The lowest BCUT2D eigenvalue weighted by Crippen LogP contribution is -2.63. The van der Waals surface area contributed by atoms with Crippen molar-refractivity contribution in [2.75, 3.05) is 52.7 Å². The van der Waals surface area contributed by atoms with E-state index in [2.05, 4.69) is 16.0 Å². The zero-order chi connectivity index (χ0) is 24.9. The van der Waals surface area contributed by atoms with Gasteiger partial charge in [0, 0.05) is 49.2 Å². The van der Waals surface area contributed by atoms with Crippen molar-refractivity contribution in [2.24, 2.45) is 0 Å². The first kappa shape index (κ1) is 22.6. The standard InChI is InChI=1S/C28H30N4O5/c33-25-16-31(9-3-8-30-10-12-35-13-11-30)28(34)22-15-20-19-4-1-2-5-21(19)29-26(20)27(32(22)25)18-6-7-23-24(14-18)37-17-36-23/h1-2,4-7,14,22,27,29H,3,8-13,15-17H2/t22-,27-/m1/s1. The van der Waals surface area contributed by atoms with Crippen molar-refractivity contribution in [1.82, 2.24) is 19.7 Å². The Kier molecular flexibility index (Phi) is 5.55. The van der Waals surface area contributed by atoms with Crippen LogP contribution in [0.4, 0.5) is 0 Å². The number of hydrogen-bond donors (Lipinski definition) is 1. The van der Waals surface area contributed by atoms with E-state index in [0.29, 0.717) is 24.5 Å². The van der Waals surface area contributed by atoms with Crippen molar-refractivity contribution < 1.29 is 23.8 Å². The highest BCUT2D eigenvalue weighted by Crippen LogP contribution is 2.44. The number of carbonyl (C=O) groups excluding carboxylic acids is 2. The van der Waals surface area contributed by atoms with Gasteiger partial charge in [-0.25, -0.2) is 0 Å². The van der Waals surface area contributed by atoms with Gasteiger partial charge in [-0.2, -0.15) is 0 Å². The molecule has 4 aliphatic rings. The summed E-state index contributed by atoms with van der Waals surface area (Å²) in [6.45, 7) is 5.13. The molecule has 2 amide bonds. The highest BCUT2D eigenvalue weighted by atomic mass is 16.7. The van der Waals surface area contributed by atoms with Crippen LogP contribution in [0.3, 0.4) is 0 Å². The minimum atomic E-state index is -0.535. The van der Waals surface area contributed by atoms with Crippen LogP contribution < -0.4 is 9.47 Å². The number of hydrogen-bond acceptors (Lipinski definition) is 6. The fourth-order valence-corrected chi connectivity index (χ4v) is 6.25. The molecule has 1 aromatic heterocycles. The minimum absolute atomic E-state index is 0.0251. The Labute approximate surface area is 214 Å². The van der Waals surface area contributed by atoms with Gasteiger partial charge in [0.25, 0.3) is 0 Å². The second-order valence-corrected chi connectivity index (χ2v) is 10.2. The number of fused-ring (bicyclic) bond motifs is 5. The number of benzene rings is 2. The van der Waals surface area contributed by atoms with Crippen LogP contribution in [0, 0.1) is 0 Å². The molecule has 7 rings (SSSR count).